The van der Waals surface area contributed by atoms with Crippen LogP contribution in [0.4, 0.5) is 4.39 Å². The first-order valence-corrected chi connectivity index (χ1v) is 12.6. The summed E-state index contributed by atoms with van der Waals surface area (Å²) in [6, 6.07) is 15.7. The number of hydrogen-bond donors (Lipinski definition) is 3. The fourth-order valence-corrected chi connectivity index (χ4v) is 5.09. The summed E-state index contributed by atoms with van der Waals surface area (Å²) in [7, 11) is 0. The zero-order chi connectivity index (χ0) is 28.0. The Hall–Kier alpha value is -5.18. The van der Waals surface area contributed by atoms with E-state index in [0.29, 0.717) is 22.1 Å². The average molecular weight is 539 g/mol. The van der Waals surface area contributed by atoms with Gasteiger partial charge in [-0.3, -0.25) is 4.79 Å². The summed E-state index contributed by atoms with van der Waals surface area (Å²) < 4.78 is 24.6. The molecule has 0 aliphatic heterocycles. The Morgan fingerprint density at radius 1 is 1.02 bits per heavy atom. The minimum absolute atomic E-state index is 0.0705. The molecule has 0 saturated carbocycles. The van der Waals surface area contributed by atoms with E-state index in [9.17, 15) is 23.9 Å². The number of carboxylic acids is 1. The first-order chi connectivity index (χ1) is 19.3. The lowest BCUT2D eigenvalue weighted by Crippen LogP contribution is -2.43. The van der Waals surface area contributed by atoms with Crippen LogP contribution in [-0.4, -0.2) is 28.0 Å². The van der Waals surface area contributed by atoms with Crippen LogP contribution < -0.4 is 10.9 Å². The van der Waals surface area contributed by atoms with Gasteiger partial charge >= 0.3 is 11.6 Å². The maximum absolute atomic E-state index is 13.4. The largest absolute Gasteiger partial charge is 0.480 e. The second-order valence-electron chi connectivity index (χ2n) is 9.69. The van der Waals surface area contributed by atoms with Crippen molar-refractivity contribution in [3.8, 4) is 11.1 Å². The number of furan rings is 1. The number of aliphatic carboxylic acids is 1. The van der Waals surface area contributed by atoms with Crippen molar-refractivity contribution in [2.45, 2.75) is 25.8 Å². The predicted octanol–water partition coefficient (Wildman–Crippen LogP) is 5.49. The van der Waals surface area contributed by atoms with Gasteiger partial charge in [-0.05, 0) is 47.9 Å². The number of benzene rings is 3. The van der Waals surface area contributed by atoms with E-state index in [1.54, 1.807) is 37.6 Å². The number of aryl methyl sites for hydroxylation is 1. The molecule has 1 atom stereocenters. The lowest BCUT2D eigenvalue weighted by atomic mass is 9.99. The van der Waals surface area contributed by atoms with Crippen LogP contribution in [0.15, 0.2) is 86.8 Å². The molecule has 9 heteroatoms. The average Bonchev–Trinajstić information content (AvgIpc) is 3.54. The van der Waals surface area contributed by atoms with Crippen LogP contribution in [0.1, 0.15) is 16.7 Å². The number of halogens is 1. The van der Waals surface area contributed by atoms with Crippen LogP contribution in [-0.2, 0) is 22.4 Å². The molecular formula is C31H23FN2O6. The maximum atomic E-state index is 13.4. The minimum atomic E-state index is -1.19. The molecule has 8 nitrogen and oxygen atoms in total. The normalized spacial score (nSPS) is 12.2. The smallest absolute Gasteiger partial charge is 0.340 e. The first kappa shape index (κ1) is 25.1. The number of carbonyl (C=O) groups excluding carboxylic acids is 1. The van der Waals surface area contributed by atoms with Gasteiger partial charge in [0.2, 0.25) is 5.91 Å². The van der Waals surface area contributed by atoms with Crippen molar-refractivity contribution in [2.75, 3.05) is 0 Å². The Morgan fingerprint density at radius 3 is 2.58 bits per heavy atom. The van der Waals surface area contributed by atoms with E-state index >= 15 is 0 Å². The van der Waals surface area contributed by atoms with Crippen LogP contribution in [0.5, 0.6) is 0 Å². The summed E-state index contributed by atoms with van der Waals surface area (Å²) in [6.07, 6.45) is 3.00. The molecule has 40 heavy (non-hydrogen) atoms. The lowest BCUT2D eigenvalue weighted by Gasteiger charge is -2.15. The summed E-state index contributed by atoms with van der Waals surface area (Å²) in [5.41, 5.74) is 3.88. The second kappa shape index (κ2) is 9.85. The van der Waals surface area contributed by atoms with E-state index in [-0.39, 0.29) is 24.2 Å². The van der Waals surface area contributed by atoms with Crippen LogP contribution in [0.25, 0.3) is 44.0 Å². The Kier molecular flexibility index (Phi) is 6.18. The van der Waals surface area contributed by atoms with Crippen LogP contribution in [0.2, 0.25) is 0 Å². The minimum Gasteiger partial charge on any atom is -0.480 e. The highest BCUT2D eigenvalue weighted by molar-refractivity contribution is 6.02. The Balaban J connectivity index is 1.30. The molecule has 200 valence electrons. The van der Waals surface area contributed by atoms with E-state index in [4.69, 9.17) is 8.83 Å². The van der Waals surface area contributed by atoms with Gasteiger partial charge in [0, 0.05) is 45.9 Å². The van der Waals surface area contributed by atoms with Crippen molar-refractivity contribution in [3.05, 3.63) is 106 Å². The van der Waals surface area contributed by atoms with Crippen molar-refractivity contribution in [2.24, 2.45) is 0 Å². The van der Waals surface area contributed by atoms with E-state index in [1.165, 1.54) is 12.1 Å². The van der Waals surface area contributed by atoms with E-state index in [0.717, 1.165) is 33.0 Å². The number of carbonyl (C=O) groups is 2. The molecule has 0 bridgehead atoms. The molecule has 6 aromatic rings. The van der Waals surface area contributed by atoms with Gasteiger partial charge in [0.1, 0.15) is 23.0 Å². The zero-order valence-corrected chi connectivity index (χ0v) is 21.3. The van der Waals surface area contributed by atoms with Gasteiger partial charge in [-0.2, -0.15) is 0 Å². The van der Waals surface area contributed by atoms with Gasteiger partial charge in [-0.1, -0.05) is 30.3 Å². The molecule has 1 amide bonds. The molecular weight excluding hydrogens is 515 g/mol. The molecule has 6 rings (SSSR count). The summed E-state index contributed by atoms with van der Waals surface area (Å²) in [5.74, 6) is -2.15. The Labute approximate surface area is 226 Å². The van der Waals surface area contributed by atoms with Crippen LogP contribution in [0.3, 0.4) is 0 Å². The van der Waals surface area contributed by atoms with Crippen molar-refractivity contribution in [1.82, 2.24) is 10.3 Å². The van der Waals surface area contributed by atoms with Gasteiger partial charge < -0.3 is 24.2 Å². The lowest BCUT2D eigenvalue weighted by molar-refractivity contribution is -0.141. The number of para-hydroxylation sites is 1. The van der Waals surface area contributed by atoms with Crippen molar-refractivity contribution < 1.29 is 27.9 Å². The molecule has 0 fully saturated rings. The number of aromatic amines is 1. The van der Waals surface area contributed by atoms with E-state index in [2.05, 4.69) is 10.3 Å². The van der Waals surface area contributed by atoms with Gasteiger partial charge in [-0.15, -0.1) is 0 Å². The fourth-order valence-electron chi connectivity index (χ4n) is 5.09. The number of carboxylic acid groups (broad SMARTS) is 1. The Morgan fingerprint density at radius 2 is 1.80 bits per heavy atom. The number of fused-ring (bicyclic) bond motifs is 3. The highest BCUT2D eigenvalue weighted by atomic mass is 19.1. The third-order valence-corrected chi connectivity index (χ3v) is 7.21. The monoisotopic (exact) mass is 538 g/mol. The van der Waals surface area contributed by atoms with Crippen molar-refractivity contribution in [1.29, 1.82) is 0 Å². The number of rotatable bonds is 7. The zero-order valence-electron chi connectivity index (χ0n) is 21.3. The van der Waals surface area contributed by atoms with Crippen LogP contribution >= 0.6 is 0 Å². The Bertz CT molecular complexity index is 1980. The van der Waals surface area contributed by atoms with Gasteiger partial charge in [-0.25, -0.2) is 14.0 Å². The highest BCUT2D eigenvalue weighted by Gasteiger charge is 2.24. The fraction of sp³-hybridized carbons (Fsp3) is 0.129. The molecule has 3 aromatic heterocycles. The molecule has 0 aliphatic carbocycles. The van der Waals surface area contributed by atoms with Crippen molar-refractivity contribution >= 4 is 44.7 Å². The predicted molar refractivity (Wildman–Crippen MR) is 148 cm³/mol. The molecule has 3 N–H and O–H groups in total. The van der Waals surface area contributed by atoms with Gasteiger partial charge in [0.25, 0.3) is 0 Å². The highest BCUT2D eigenvalue weighted by Crippen LogP contribution is 2.34. The molecule has 0 radical (unpaired) electrons. The maximum Gasteiger partial charge on any atom is 0.340 e. The first-order valence-electron chi connectivity index (χ1n) is 12.6. The molecule has 1 unspecified atom stereocenters. The molecule has 0 saturated heterocycles. The summed E-state index contributed by atoms with van der Waals surface area (Å²) in [6.45, 7) is 1.71. The van der Waals surface area contributed by atoms with Gasteiger partial charge in [0.05, 0.1) is 18.2 Å². The van der Waals surface area contributed by atoms with Gasteiger partial charge in [0.15, 0.2) is 0 Å². The number of nitrogens with one attached hydrogen (secondary N) is 2. The standard InChI is InChI=1S/C31H23FN2O6/c1-16-21-11-23-24(17-6-8-19(32)9-7-17)15-39-27(23)13-28(21)40-31(38)22(16)12-29(35)34-26(30(36)37)10-18-14-33-25-5-3-2-4-20(18)25/h2-9,11,13-15,26,33H,10,12H2,1H3,(H,34,35)(H,36,37). The van der Waals surface area contributed by atoms with E-state index < -0.39 is 23.5 Å². The quantitative estimate of drug-likeness (QED) is 0.231. The SMILES string of the molecule is Cc1c(CC(=O)NC(Cc2c[nH]c3ccccc23)C(=O)O)c(=O)oc2cc3occ(-c4ccc(F)cc4)c3cc12. The summed E-state index contributed by atoms with van der Waals surface area (Å²) >= 11 is 0. The molecule has 3 aromatic carbocycles. The third-order valence-electron chi connectivity index (χ3n) is 7.21. The molecule has 3 heterocycles. The summed E-state index contributed by atoms with van der Waals surface area (Å²) in [4.78, 5) is 41.0. The van der Waals surface area contributed by atoms with E-state index in [1.807, 2.05) is 30.3 Å². The molecule has 0 spiro atoms. The number of amides is 1. The topological polar surface area (TPSA) is 126 Å². The number of H-pyrrole nitrogens is 1. The second-order valence-corrected chi connectivity index (χ2v) is 9.69. The molecule has 0 aliphatic rings. The van der Waals surface area contributed by atoms with Crippen LogP contribution in [0, 0.1) is 12.7 Å². The third kappa shape index (κ3) is 4.51. The number of hydrogen-bond acceptors (Lipinski definition) is 5. The summed E-state index contributed by atoms with van der Waals surface area (Å²) in [5, 5.41) is 14.6. The number of aromatic nitrogens is 1. The van der Waals surface area contributed by atoms with Crippen molar-refractivity contribution in [3.63, 3.8) is 0 Å².